The van der Waals surface area contributed by atoms with Crippen LogP contribution in [0.5, 0.6) is 0 Å². The van der Waals surface area contributed by atoms with Crippen molar-refractivity contribution in [1.82, 2.24) is 10.3 Å². The van der Waals surface area contributed by atoms with E-state index in [0.29, 0.717) is 10.6 Å². The summed E-state index contributed by atoms with van der Waals surface area (Å²) in [6, 6.07) is 12.3. The van der Waals surface area contributed by atoms with Crippen molar-refractivity contribution < 1.29 is 13.2 Å². The molecule has 0 atom stereocenters. The normalized spacial score (nSPS) is 11.1. The Morgan fingerprint density at radius 2 is 1.57 bits per heavy atom. The third kappa shape index (κ3) is 4.40. The minimum atomic E-state index is -3.80. The number of carbonyl (C=O) groups is 1. The molecule has 0 fully saturated rings. The number of hydrazine groups is 1. The lowest BCUT2D eigenvalue weighted by molar-refractivity contribution is 0.0945. The maximum Gasteiger partial charge on any atom is 0.266 e. The van der Waals surface area contributed by atoms with Crippen LogP contribution >= 0.6 is 34.2 Å². The lowest BCUT2D eigenvalue weighted by Crippen LogP contribution is -2.41. The van der Waals surface area contributed by atoms with E-state index in [2.05, 4.69) is 28.0 Å². The molecule has 2 rings (SSSR count). The van der Waals surface area contributed by atoms with Gasteiger partial charge in [0.2, 0.25) is 0 Å². The molecular formula is C13H10ClIN2O3S. The molecule has 2 aromatic rings. The van der Waals surface area contributed by atoms with E-state index in [4.69, 9.17) is 11.6 Å². The van der Waals surface area contributed by atoms with E-state index in [9.17, 15) is 13.2 Å². The molecule has 110 valence electrons. The molecule has 2 aromatic carbocycles. The molecule has 0 radical (unpaired) electrons. The summed E-state index contributed by atoms with van der Waals surface area (Å²) in [6.07, 6.45) is 0. The number of hydrogen-bond acceptors (Lipinski definition) is 3. The fraction of sp³-hybridized carbons (Fsp3) is 0. The molecule has 0 aliphatic rings. The molecule has 1 amide bonds. The molecule has 5 nitrogen and oxygen atoms in total. The minimum absolute atomic E-state index is 0.0688. The van der Waals surface area contributed by atoms with Gasteiger partial charge in [-0.05, 0) is 71.1 Å². The van der Waals surface area contributed by atoms with E-state index in [-0.39, 0.29) is 4.90 Å². The van der Waals surface area contributed by atoms with Gasteiger partial charge in [0.05, 0.1) is 4.90 Å². The van der Waals surface area contributed by atoms with Gasteiger partial charge in [0.1, 0.15) is 0 Å². The number of amides is 1. The zero-order chi connectivity index (χ0) is 15.5. The molecule has 0 heterocycles. The highest BCUT2D eigenvalue weighted by molar-refractivity contribution is 14.1. The molecule has 0 aromatic heterocycles. The summed E-state index contributed by atoms with van der Waals surface area (Å²) in [4.78, 5) is 13.9. The zero-order valence-corrected chi connectivity index (χ0v) is 14.2. The number of carbonyl (C=O) groups excluding carboxylic acids is 1. The standard InChI is InChI=1S/C13H10ClIN2O3S/c14-10-3-1-9(2-4-10)13(18)16-17-21(19,20)12-7-5-11(15)6-8-12/h1-8,17H,(H,16,18). The van der Waals surface area contributed by atoms with Crippen molar-refractivity contribution >= 4 is 50.1 Å². The van der Waals surface area contributed by atoms with E-state index in [0.717, 1.165) is 3.57 Å². The van der Waals surface area contributed by atoms with Crippen molar-refractivity contribution in [3.8, 4) is 0 Å². The molecule has 0 spiro atoms. The minimum Gasteiger partial charge on any atom is -0.273 e. The van der Waals surface area contributed by atoms with Crippen LogP contribution in [0.4, 0.5) is 0 Å². The van der Waals surface area contributed by atoms with Crippen molar-refractivity contribution in [2.75, 3.05) is 0 Å². The Hall–Kier alpha value is -1.16. The van der Waals surface area contributed by atoms with Crippen LogP contribution in [0.25, 0.3) is 0 Å². The number of sulfonamides is 1. The van der Waals surface area contributed by atoms with Gasteiger partial charge in [-0.25, -0.2) is 8.42 Å². The number of hydrogen-bond donors (Lipinski definition) is 2. The van der Waals surface area contributed by atoms with Gasteiger partial charge in [-0.15, -0.1) is 4.83 Å². The first-order chi connectivity index (χ1) is 9.88. The van der Waals surface area contributed by atoms with Crippen molar-refractivity contribution in [3.05, 3.63) is 62.7 Å². The van der Waals surface area contributed by atoms with Crippen LogP contribution in [0.1, 0.15) is 10.4 Å². The van der Waals surface area contributed by atoms with Crippen LogP contribution in [-0.2, 0) is 10.0 Å². The summed E-state index contributed by atoms with van der Waals surface area (Å²) in [7, 11) is -3.80. The Kier molecular flexibility index (Phi) is 5.20. The maximum absolute atomic E-state index is 12.0. The Balaban J connectivity index is 2.06. The van der Waals surface area contributed by atoms with E-state index < -0.39 is 15.9 Å². The van der Waals surface area contributed by atoms with Crippen LogP contribution in [0, 0.1) is 3.57 Å². The molecule has 0 saturated heterocycles. The molecule has 8 heteroatoms. The number of nitrogens with one attached hydrogen (secondary N) is 2. The maximum atomic E-state index is 12.0. The quantitative estimate of drug-likeness (QED) is 0.571. The third-order valence-corrected chi connectivity index (χ3v) is 4.76. The van der Waals surface area contributed by atoms with E-state index in [1.54, 1.807) is 24.3 Å². The average Bonchev–Trinajstić information content (AvgIpc) is 2.46. The topological polar surface area (TPSA) is 75.3 Å². The number of benzene rings is 2. The summed E-state index contributed by atoms with van der Waals surface area (Å²) in [5, 5.41) is 0.492. The first kappa shape index (κ1) is 16.2. The highest BCUT2D eigenvalue weighted by Crippen LogP contribution is 2.12. The van der Waals surface area contributed by atoms with Crippen molar-refractivity contribution in [3.63, 3.8) is 0 Å². The van der Waals surface area contributed by atoms with Crippen LogP contribution in [-0.4, -0.2) is 14.3 Å². The predicted molar refractivity (Wildman–Crippen MR) is 88.4 cm³/mol. The number of rotatable bonds is 4. The Labute approximate surface area is 140 Å². The molecule has 0 aliphatic heterocycles. The second-order valence-corrected chi connectivity index (χ2v) is 7.38. The summed E-state index contributed by atoms with van der Waals surface area (Å²) in [5.41, 5.74) is 2.45. The monoisotopic (exact) mass is 436 g/mol. The summed E-state index contributed by atoms with van der Waals surface area (Å²) < 4.78 is 24.9. The second kappa shape index (κ2) is 6.73. The second-order valence-electron chi connectivity index (χ2n) is 4.02. The molecule has 0 bridgehead atoms. The molecule has 21 heavy (non-hydrogen) atoms. The molecule has 0 unspecified atom stereocenters. The van der Waals surface area contributed by atoms with Crippen molar-refractivity contribution in [2.45, 2.75) is 4.90 Å². The van der Waals surface area contributed by atoms with Gasteiger partial charge >= 0.3 is 0 Å². The summed E-state index contributed by atoms with van der Waals surface area (Å²) in [6.45, 7) is 0. The smallest absolute Gasteiger partial charge is 0.266 e. The van der Waals surface area contributed by atoms with Gasteiger partial charge < -0.3 is 0 Å². The molecular weight excluding hydrogens is 427 g/mol. The van der Waals surface area contributed by atoms with E-state index >= 15 is 0 Å². The SMILES string of the molecule is O=C(NNS(=O)(=O)c1ccc(I)cc1)c1ccc(Cl)cc1. The van der Waals surface area contributed by atoms with Gasteiger partial charge in [0.25, 0.3) is 15.9 Å². The first-order valence-electron chi connectivity index (χ1n) is 5.72. The van der Waals surface area contributed by atoms with Gasteiger partial charge in [0.15, 0.2) is 0 Å². The van der Waals surface area contributed by atoms with Crippen LogP contribution in [0.2, 0.25) is 5.02 Å². The highest BCUT2D eigenvalue weighted by Gasteiger charge is 2.15. The van der Waals surface area contributed by atoms with Crippen molar-refractivity contribution in [2.24, 2.45) is 0 Å². The van der Waals surface area contributed by atoms with Crippen LogP contribution in [0.3, 0.4) is 0 Å². The van der Waals surface area contributed by atoms with Gasteiger partial charge in [-0.1, -0.05) is 11.6 Å². The fourth-order valence-corrected chi connectivity index (χ4v) is 2.78. The molecule has 0 aliphatic carbocycles. The Morgan fingerprint density at radius 1 is 1.00 bits per heavy atom. The largest absolute Gasteiger partial charge is 0.273 e. The first-order valence-corrected chi connectivity index (χ1v) is 8.66. The van der Waals surface area contributed by atoms with Crippen molar-refractivity contribution in [1.29, 1.82) is 0 Å². The fourth-order valence-electron chi connectivity index (χ4n) is 1.46. The zero-order valence-electron chi connectivity index (χ0n) is 10.5. The summed E-state index contributed by atoms with van der Waals surface area (Å²) >= 11 is 7.79. The average molecular weight is 437 g/mol. The lowest BCUT2D eigenvalue weighted by atomic mass is 10.2. The Bertz CT molecular complexity index is 746. The van der Waals surface area contributed by atoms with Gasteiger partial charge in [0, 0.05) is 14.2 Å². The number of halogens is 2. The lowest BCUT2D eigenvalue weighted by Gasteiger charge is -2.08. The predicted octanol–water partition coefficient (Wildman–Crippen LogP) is 2.57. The molecule has 2 N–H and O–H groups in total. The van der Waals surface area contributed by atoms with E-state index in [1.165, 1.54) is 24.3 Å². The van der Waals surface area contributed by atoms with E-state index in [1.807, 2.05) is 4.83 Å². The molecule has 0 saturated carbocycles. The highest BCUT2D eigenvalue weighted by atomic mass is 127. The van der Waals surface area contributed by atoms with Crippen LogP contribution < -0.4 is 10.3 Å². The van der Waals surface area contributed by atoms with Gasteiger partial charge in [-0.2, -0.15) is 0 Å². The Morgan fingerprint density at radius 3 is 2.14 bits per heavy atom. The third-order valence-electron chi connectivity index (χ3n) is 2.53. The van der Waals surface area contributed by atoms with Gasteiger partial charge in [-0.3, -0.25) is 10.2 Å². The summed E-state index contributed by atoms with van der Waals surface area (Å²) in [5.74, 6) is -0.569. The van der Waals surface area contributed by atoms with Crippen LogP contribution in [0.15, 0.2) is 53.4 Å².